The Hall–Kier alpha value is -2.94. The molecule has 7 nitrogen and oxygen atoms in total. The van der Waals surface area contributed by atoms with Crippen LogP contribution in [0.1, 0.15) is 17.0 Å². The van der Waals surface area contributed by atoms with E-state index in [1.165, 1.54) is 36.3 Å². The van der Waals surface area contributed by atoms with Gasteiger partial charge in [0, 0.05) is 35.4 Å². The third-order valence-corrected chi connectivity index (χ3v) is 7.42. The van der Waals surface area contributed by atoms with Gasteiger partial charge in [0.05, 0.1) is 17.2 Å². The van der Waals surface area contributed by atoms with Crippen molar-refractivity contribution in [1.82, 2.24) is 14.3 Å². The summed E-state index contributed by atoms with van der Waals surface area (Å²) in [6, 6.07) is 16.8. The van der Waals surface area contributed by atoms with E-state index in [0.717, 1.165) is 15.4 Å². The summed E-state index contributed by atoms with van der Waals surface area (Å²) in [5.41, 5.74) is 2.46. The van der Waals surface area contributed by atoms with Crippen LogP contribution in [-0.2, 0) is 10.0 Å². The minimum absolute atomic E-state index is 0.0408. The van der Waals surface area contributed by atoms with Gasteiger partial charge in [-0.1, -0.05) is 41.4 Å². The molecule has 2 aromatic carbocycles. The Labute approximate surface area is 196 Å². The quantitative estimate of drug-likeness (QED) is 0.434. The zero-order valence-electron chi connectivity index (χ0n) is 17.0. The monoisotopic (exact) mass is 487 g/mol. The molecule has 1 aliphatic heterocycles. The predicted octanol–water partition coefficient (Wildman–Crippen LogP) is 4.45. The van der Waals surface area contributed by atoms with Gasteiger partial charge in [0.15, 0.2) is 0 Å². The highest BCUT2D eigenvalue weighted by molar-refractivity contribution is 7.89. The highest BCUT2D eigenvalue weighted by atomic mass is 35.5. The number of sulfonamides is 1. The minimum Gasteiger partial charge on any atom is -0.267 e. The van der Waals surface area contributed by atoms with Gasteiger partial charge in [-0.05, 0) is 53.6 Å². The van der Waals surface area contributed by atoms with Crippen molar-refractivity contribution < 1.29 is 8.42 Å². The van der Waals surface area contributed by atoms with Crippen LogP contribution >= 0.6 is 23.2 Å². The number of halogens is 2. The number of hydrazone groups is 1. The van der Waals surface area contributed by atoms with Crippen LogP contribution in [0.4, 0.5) is 0 Å². The maximum atomic E-state index is 13.0. The molecule has 1 atom stereocenters. The molecule has 2 heterocycles. The van der Waals surface area contributed by atoms with Gasteiger partial charge in [-0.2, -0.15) is 5.10 Å². The van der Waals surface area contributed by atoms with E-state index in [1.54, 1.807) is 24.5 Å². The molecular formula is C22H19Cl2N5O2S. The highest BCUT2D eigenvalue weighted by Gasteiger charge is 2.35. The molecule has 1 aliphatic rings. The lowest BCUT2D eigenvalue weighted by molar-refractivity contribution is 0.421. The Balaban J connectivity index is 1.67. The van der Waals surface area contributed by atoms with Crippen molar-refractivity contribution in [3.63, 3.8) is 0 Å². The van der Waals surface area contributed by atoms with Crippen molar-refractivity contribution in [2.45, 2.75) is 10.8 Å². The molecule has 1 unspecified atom stereocenters. The number of hydrogen-bond acceptors (Lipinski definition) is 5. The fourth-order valence-electron chi connectivity index (χ4n) is 3.40. The summed E-state index contributed by atoms with van der Waals surface area (Å²) in [5.74, 6) is -0.463. The third-order valence-electron chi connectivity index (χ3n) is 5.16. The van der Waals surface area contributed by atoms with E-state index < -0.39 is 10.0 Å². The van der Waals surface area contributed by atoms with Crippen molar-refractivity contribution in [3.05, 3.63) is 94.2 Å². The van der Waals surface area contributed by atoms with Gasteiger partial charge in [0.1, 0.15) is 0 Å². The molecule has 0 radical (unpaired) electrons. The van der Waals surface area contributed by atoms with Crippen molar-refractivity contribution in [2.24, 2.45) is 5.10 Å². The molecule has 0 saturated carbocycles. The Kier molecular flexibility index (Phi) is 6.19. The van der Waals surface area contributed by atoms with Crippen LogP contribution in [0, 0.1) is 5.41 Å². The van der Waals surface area contributed by atoms with Gasteiger partial charge in [-0.15, -0.1) is 0 Å². The topological polar surface area (TPSA) is 89.7 Å². The van der Waals surface area contributed by atoms with E-state index in [4.69, 9.17) is 28.6 Å². The lowest BCUT2D eigenvalue weighted by Crippen LogP contribution is -2.41. The third kappa shape index (κ3) is 4.34. The van der Waals surface area contributed by atoms with Gasteiger partial charge >= 0.3 is 0 Å². The zero-order chi connectivity index (χ0) is 22.9. The first-order valence-electron chi connectivity index (χ1n) is 9.62. The summed E-state index contributed by atoms with van der Waals surface area (Å²) in [4.78, 5) is 4.24. The number of aromatic nitrogens is 1. The maximum absolute atomic E-state index is 13.0. The number of guanidine groups is 1. The van der Waals surface area contributed by atoms with Gasteiger partial charge in [-0.25, -0.2) is 17.7 Å². The van der Waals surface area contributed by atoms with Crippen molar-refractivity contribution in [3.8, 4) is 0 Å². The van der Waals surface area contributed by atoms with Gasteiger partial charge in [-0.3, -0.25) is 10.4 Å². The molecule has 1 aromatic heterocycles. The summed E-state index contributed by atoms with van der Waals surface area (Å²) in [6.45, 7) is 0.295. The zero-order valence-corrected chi connectivity index (χ0v) is 19.3. The summed E-state index contributed by atoms with van der Waals surface area (Å²) in [6.07, 6.45) is 3.43. The van der Waals surface area contributed by atoms with Crippen LogP contribution in [0.5, 0.6) is 0 Å². The van der Waals surface area contributed by atoms with Gasteiger partial charge in [0.2, 0.25) is 5.96 Å². The first-order valence-corrected chi connectivity index (χ1v) is 11.8. The summed E-state index contributed by atoms with van der Waals surface area (Å²) < 4.78 is 27.0. The molecule has 0 aliphatic carbocycles. The predicted molar refractivity (Wildman–Crippen MR) is 126 cm³/mol. The molecule has 0 saturated heterocycles. The number of rotatable bonds is 4. The van der Waals surface area contributed by atoms with Crippen LogP contribution in [0.15, 0.2) is 83.1 Å². The lowest BCUT2D eigenvalue weighted by atomic mass is 9.92. The number of benzene rings is 2. The van der Waals surface area contributed by atoms with Gasteiger partial charge < -0.3 is 0 Å². The molecule has 0 amide bonds. The normalized spacial score (nSPS) is 16.0. The first kappa shape index (κ1) is 22.3. The van der Waals surface area contributed by atoms with Crippen molar-refractivity contribution in [1.29, 1.82) is 5.41 Å². The molecule has 1 N–H and O–H groups in total. The van der Waals surface area contributed by atoms with E-state index in [-0.39, 0.29) is 16.8 Å². The van der Waals surface area contributed by atoms with Crippen molar-refractivity contribution >= 4 is 44.9 Å². The van der Waals surface area contributed by atoms with Crippen LogP contribution in [0.25, 0.3) is 0 Å². The number of hydrogen-bond donors (Lipinski definition) is 1. The van der Waals surface area contributed by atoms with Crippen LogP contribution in [0.3, 0.4) is 0 Å². The second-order valence-electron chi connectivity index (χ2n) is 7.16. The van der Waals surface area contributed by atoms with E-state index >= 15 is 0 Å². The summed E-state index contributed by atoms with van der Waals surface area (Å²) in [7, 11) is -2.62. The standard InChI is InChI=1S/C22H19Cl2N5O2S/c1-28(32(30,31)19-10-8-18(24)9-11-19)22(25)29-14-20(16-3-2-12-26-13-16)21(27-29)15-4-6-17(23)7-5-15/h2-13,20,25H,14H2,1H3. The van der Waals surface area contributed by atoms with E-state index in [1.807, 2.05) is 24.3 Å². The molecule has 164 valence electrons. The number of nitrogens with zero attached hydrogens (tertiary/aromatic N) is 4. The number of pyridine rings is 1. The molecule has 32 heavy (non-hydrogen) atoms. The Morgan fingerprint density at radius 1 is 1.06 bits per heavy atom. The average Bonchev–Trinajstić information content (AvgIpc) is 3.25. The molecule has 3 aromatic rings. The van der Waals surface area contributed by atoms with Crippen molar-refractivity contribution in [2.75, 3.05) is 13.6 Å². The molecule has 0 spiro atoms. The molecule has 10 heteroatoms. The second kappa shape index (κ2) is 8.90. The average molecular weight is 488 g/mol. The SMILES string of the molecule is CN(C(=N)N1CC(c2cccnc2)C(c2ccc(Cl)cc2)=N1)S(=O)(=O)c1ccc(Cl)cc1. The van der Waals surface area contributed by atoms with E-state index in [9.17, 15) is 8.42 Å². The highest BCUT2D eigenvalue weighted by Crippen LogP contribution is 2.30. The van der Waals surface area contributed by atoms with Gasteiger partial charge in [0.25, 0.3) is 10.0 Å². The van der Waals surface area contributed by atoms with E-state index in [2.05, 4.69) is 10.1 Å². The minimum atomic E-state index is -3.95. The molecule has 0 bridgehead atoms. The maximum Gasteiger partial charge on any atom is 0.266 e. The second-order valence-corrected chi connectivity index (χ2v) is 10.0. The lowest BCUT2D eigenvalue weighted by Gasteiger charge is -2.25. The Morgan fingerprint density at radius 3 is 2.28 bits per heavy atom. The summed E-state index contributed by atoms with van der Waals surface area (Å²) >= 11 is 11.9. The molecular weight excluding hydrogens is 469 g/mol. The molecule has 0 fully saturated rings. The van der Waals surface area contributed by atoms with E-state index in [0.29, 0.717) is 22.3 Å². The van der Waals surface area contributed by atoms with Crippen LogP contribution < -0.4 is 0 Å². The fraction of sp³-hybridized carbons (Fsp3) is 0.136. The largest absolute Gasteiger partial charge is 0.267 e. The van der Waals surface area contributed by atoms with Crippen LogP contribution in [0.2, 0.25) is 10.0 Å². The first-order chi connectivity index (χ1) is 15.3. The smallest absolute Gasteiger partial charge is 0.266 e. The Morgan fingerprint density at radius 2 is 1.69 bits per heavy atom. The van der Waals surface area contributed by atoms with Crippen LogP contribution in [-0.4, -0.2) is 48.0 Å². The Bertz CT molecular complexity index is 1260. The summed E-state index contributed by atoms with van der Waals surface area (Å²) in [5, 5.41) is 15.6. The number of nitrogens with one attached hydrogen (secondary N) is 1. The fourth-order valence-corrected chi connectivity index (χ4v) is 4.77. The molecule has 4 rings (SSSR count).